The number of nitrogens with zero attached hydrogens (tertiary/aromatic N) is 3. The molecule has 7 nitrogen and oxygen atoms in total. The highest BCUT2D eigenvalue weighted by Crippen LogP contribution is 2.29. The van der Waals surface area contributed by atoms with Gasteiger partial charge < -0.3 is 10.2 Å². The summed E-state index contributed by atoms with van der Waals surface area (Å²) in [5.41, 5.74) is 1.00. The molecule has 0 radical (unpaired) electrons. The molecule has 132 valence electrons. The first-order valence-corrected chi connectivity index (χ1v) is 9.13. The van der Waals surface area contributed by atoms with Crippen molar-refractivity contribution >= 4 is 44.7 Å². The third kappa shape index (κ3) is 2.99. The van der Waals surface area contributed by atoms with Crippen molar-refractivity contribution in [2.45, 2.75) is 19.4 Å². The Labute approximate surface area is 152 Å². The Balaban J connectivity index is 1.56. The molecule has 0 unspecified atom stereocenters. The van der Waals surface area contributed by atoms with E-state index in [1.165, 1.54) is 22.2 Å². The Kier molecular flexibility index (Phi) is 4.26. The quantitative estimate of drug-likeness (QED) is 0.765. The second-order valence-corrected chi connectivity index (χ2v) is 6.93. The molecule has 2 amide bonds. The molecule has 0 spiro atoms. The number of hydrogen-bond acceptors (Lipinski definition) is 5. The Hall–Kier alpha value is -3.00. The Bertz CT molecular complexity index is 1060. The van der Waals surface area contributed by atoms with Crippen molar-refractivity contribution in [3.05, 3.63) is 52.4 Å². The SMILES string of the molecule is O=C(Cn1cnc2sccc2c1=O)Nc1ccccc1N1CCCC1=O. The Morgan fingerprint density at radius 2 is 2.08 bits per heavy atom. The summed E-state index contributed by atoms with van der Waals surface area (Å²) in [4.78, 5) is 43.4. The minimum absolute atomic E-state index is 0.0510. The minimum atomic E-state index is -0.345. The van der Waals surface area contributed by atoms with Crippen molar-refractivity contribution in [1.82, 2.24) is 9.55 Å². The maximum Gasteiger partial charge on any atom is 0.262 e. The highest BCUT2D eigenvalue weighted by molar-refractivity contribution is 7.16. The number of aromatic nitrogens is 2. The average Bonchev–Trinajstić information content (AvgIpc) is 3.27. The zero-order valence-corrected chi connectivity index (χ0v) is 14.7. The summed E-state index contributed by atoms with van der Waals surface area (Å²) in [7, 11) is 0. The summed E-state index contributed by atoms with van der Waals surface area (Å²) in [6.45, 7) is 0.504. The van der Waals surface area contributed by atoms with Gasteiger partial charge in [0, 0.05) is 13.0 Å². The molecule has 1 aliphatic rings. The molecule has 0 atom stereocenters. The molecule has 1 aromatic carbocycles. The molecule has 0 bridgehead atoms. The van der Waals surface area contributed by atoms with E-state index in [0.717, 1.165) is 6.42 Å². The van der Waals surface area contributed by atoms with E-state index in [-0.39, 0.29) is 23.9 Å². The summed E-state index contributed by atoms with van der Waals surface area (Å²) >= 11 is 1.39. The van der Waals surface area contributed by atoms with Crippen LogP contribution in [-0.4, -0.2) is 27.9 Å². The van der Waals surface area contributed by atoms with Gasteiger partial charge in [-0.1, -0.05) is 12.1 Å². The second kappa shape index (κ2) is 6.72. The van der Waals surface area contributed by atoms with Crippen LogP contribution >= 0.6 is 11.3 Å². The first-order chi connectivity index (χ1) is 12.6. The molecule has 4 rings (SSSR count). The maximum absolute atomic E-state index is 12.5. The Morgan fingerprint density at radius 1 is 1.23 bits per heavy atom. The van der Waals surface area contributed by atoms with Crippen molar-refractivity contribution < 1.29 is 9.59 Å². The average molecular weight is 368 g/mol. The van der Waals surface area contributed by atoms with Crippen LogP contribution in [0.3, 0.4) is 0 Å². The van der Waals surface area contributed by atoms with Crippen LogP contribution in [0.4, 0.5) is 11.4 Å². The molecule has 0 saturated carbocycles. The van der Waals surface area contributed by atoms with Gasteiger partial charge in [-0.15, -0.1) is 11.3 Å². The van der Waals surface area contributed by atoms with Crippen LogP contribution in [-0.2, 0) is 16.1 Å². The van der Waals surface area contributed by atoms with Crippen molar-refractivity contribution in [3.8, 4) is 0 Å². The van der Waals surface area contributed by atoms with Gasteiger partial charge in [-0.05, 0) is 30.0 Å². The number of hydrogen-bond donors (Lipinski definition) is 1. The molecule has 26 heavy (non-hydrogen) atoms. The van der Waals surface area contributed by atoms with Crippen LogP contribution < -0.4 is 15.8 Å². The zero-order chi connectivity index (χ0) is 18.1. The van der Waals surface area contributed by atoms with E-state index in [1.54, 1.807) is 28.5 Å². The van der Waals surface area contributed by atoms with Crippen molar-refractivity contribution in [2.24, 2.45) is 0 Å². The van der Waals surface area contributed by atoms with Crippen LogP contribution in [0, 0.1) is 0 Å². The van der Waals surface area contributed by atoms with Crippen molar-refractivity contribution in [1.29, 1.82) is 0 Å². The number of benzene rings is 1. The lowest BCUT2D eigenvalue weighted by molar-refractivity contribution is -0.117. The smallest absolute Gasteiger partial charge is 0.262 e. The lowest BCUT2D eigenvalue weighted by Gasteiger charge is -2.20. The second-order valence-electron chi connectivity index (χ2n) is 6.03. The van der Waals surface area contributed by atoms with E-state index in [0.29, 0.717) is 34.6 Å². The van der Waals surface area contributed by atoms with E-state index in [1.807, 2.05) is 12.1 Å². The minimum Gasteiger partial charge on any atom is -0.323 e. The van der Waals surface area contributed by atoms with E-state index in [2.05, 4.69) is 10.3 Å². The van der Waals surface area contributed by atoms with Crippen LogP contribution in [0.5, 0.6) is 0 Å². The summed E-state index contributed by atoms with van der Waals surface area (Å²) in [5, 5.41) is 5.11. The van der Waals surface area contributed by atoms with Crippen molar-refractivity contribution in [3.63, 3.8) is 0 Å². The predicted molar refractivity (Wildman–Crippen MR) is 101 cm³/mol. The predicted octanol–water partition coefficient (Wildman–Crippen LogP) is 2.22. The molecule has 1 saturated heterocycles. The highest BCUT2D eigenvalue weighted by Gasteiger charge is 2.24. The highest BCUT2D eigenvalue weighted by atomic mass is 32.1. The lowest BCUT2D eigenvalue weighted by atomic mass is 10.2. The monoisotopic (exact) mass is 368 g/mol. The normalized spacial score (nSPS) is 14.2. The topological polar surface area (TPSA) is 84.3 Å². The van der Waals surface area contributed by atoms with E-state index < -0.39 is 0 Å². The molecular weight excluding hydrogens is 352 g/mol. The van der Waals surface area contributed by atoms with E-state index in [4.69, 9.17) is 0 Å². The van der Waals surface area contributed by atoms with Gasteiger partial charge in [0.25, 0.3) is 5.56 Å². The van der Waals surface area contributed by atoms with Crippen LogP contribution in [0.2, 0.25) is 0 Å². The summed E-state index contributed by atoms with van der Waals surface area (Å²) in [6, 6.07) is 8.89. The molecule has 1 N–H and O–H groups in total. The number of fused-ring (bicyclic) bond motifs is 1. The molecule has 1 aliphatic heterocycles. The summed E-state index contributed by atoms with van der Waals surface area (Å²) in [5.74, 6) is -0.294. The number of carbonyl (C=O) groups excluding carboxylic acids is 2. The third-order valence-electron chi connectivity index (χ3n) is 4.31. The fourth-order valence-electron chi connectivity index (χ4n) is 3.07. The lowest BCUT2D eigenvalue weighted by Crippen LogP contribution is -2.29. The van der Waals surface area contributed by atoms with Gasteiger partial charge in [-0.3, -0.25) is 19.0 Å². The van der Waals surface area contributed by atoms with Crippen molar-refractivity contribution in [2.75, 3.05) is 16.8 Å². The molecular formula is C18H16N4O3S. The van der Waals surface area contributed by atoms with Crippen LogP contribution in [0.15, 0.2) is 46.8 Å². The number of amides is 2. The number of thiophene rings is 1. The maximum atomic E-state index is 12.5. The molecule has 0 aliphatic carbocycles. The molecule has 3 aromatic rings. The summed E-state index contributed by atoms with van der Waals surface area (Å²) in [6.07, 6.45) is 2.71. The molecule has 8 heteroatoms. The van der Waals surface area contributed by atoms with Gasteiger partial charge >= 0.3 is 0 Å². The molecule has 2 aromatic heterocycles. The number of para-hydroxylation sites is 2. The fraction of sp³-hybridized carbons (Fsp3) is 0.222. The fourth-order valence-corrected chi connectivity index (χ4v) is 3.79. The Morgan fingerprint density at radius 3 is 2.88 bits per heavy atom. The summed E-state index contributed by atoms with van der Waals surface area (Å²) < 4.78 is 1.29. The largest absolute Gasteiger partial charge is 0.323 e. The number of anilines is 2. The van der Waals surface area contributed by atoms with Crippen LogP contribution in [0.25, 0.3) is 10.2 Å². The first-order valence-electron chi connectivity index (χ1n) is 8.25. The van der Waals surface area contributed by atoms with Gasteiger partial charge in [0.05, 0.1) is 23.1 Å². The third-order valence-corrected chi connectivity index (χ3v) is 5.13. The number of nitrogens with one attached hydrogen (secondary N) is 1. The number of carbonyl (C=O) groups is 2. The van der Waals surface area contributed by atoms with Gasteiger partial charge in [-0.25, -0.2) is 4.98 Å². The molecule has 1 fully saturated rings. The van der Waals surface area contributed by atoms with E-state index in [9.17, 15) is 14.4 Å². The molecule has 3 heterocycles. The van der Waals surface area contributed by atoms with Gasteiger partial charge in [0.15, 0.2) is 0 Å². The van der Waals surface area contributed by atoms with Crippen LogP contribution in [0.1, 0.15) is 12.8 Å². The van der Waals surface area contributed by atoms with E-state index >= 15 is 0 Å². The first kappa shape index (κ1) is 16.5. The van der Waals surface area contributed by atoms with Gasteiger partial charge in [0.2, 0.25) is 11.8 Å². The zero-order valence-electron chi connectivity index (χ0n) is 13.8. The standard InChI is InChI=1S/C18H16N4O3S/c23-15(10-21-11-19-17-12(18(21)25)7-9-26-17)20-13-4-1-2-5-14(13)22-8-3-6-16(22)24/h1-2,4-5,7,9,11H,3,6,8,10H2,(H,20,23). The van der Waals surface area contributed by atoms with Gasteiger partial charge in [0.1, 0.15) is 11.4 Å². The van der Waals surface area contributed by atoms with Gasteiger partial charge in [-0.2, -0.15) is 0 Å². The number of rotatable bonds is 4.